The largest absolute Gasteiger partial charge is 0.0832 e. The maximum Gasteiger partial charge on any atom is 0.0135 e. The standard InChI is InChI=1S/C14H16/c1-2-8-13-12(6-1)7-5-11-14(13)9-3-4-10-14/h1-2,5-6,8,11H,3-4,7,9-10H2. The highest BCUT2D eigenvalue weighted by Crippen LogP contribution is 2.45. The lowest BCUT2D eigenvalue weighted by atomic mass is 9.73. The molecule has 0 radical (unpaired) electrons. The van der Waals surface area contributed by atoms with Crippen molar-refractivity contribution < 1.29 is 0 Å². The first-order chi connectivity index (χ1) is 6.91. The second-order valence-corrected chi connectivity index (χ2v) is 4.63. The molecule has 0 unspecified atom stereocenters. The summed E-state index contributed by atoms with van der Waals surface area (Å²) >= 11 is 0. The normalized spacial score (nSPS) is 22.6. The molecule has 1 saturated carbocycles. The Bertz CT molecular complexity index is 367. The highest BCUT2D eigenvalue weighted by Gasteiger charge is 2.35. The minimum atomic E-state index is 0.425. The highest BCUT2D eigenvalue weighted by molar-refractivity contribution is 5.43. The maximum atomic E-state index is 2.47. The Morgan fingerprint density at radius 1 is 1.00 bits per heavy atom. The lowest BCUT2D eigenvalue weighted by Crippen LogP contribution is -2.23. The van der Waals surface area contributed by atoms with Crippen LogP contribution in [-0.2, 0) is 11.8 Å². The monoisotopic (exact) mass is 184 g/mol. The summed E-state index contributed by atoms with van der Waals surface area (Å²) in [4.78, 5) is 0. The summed E-state index contributed by atoms with van der Waals surface area (Å²) in [5.74, 6) is 0. The zero-order chi connectivity index (χ0) is 9.43. The Labute approximate surface area is 85.6 Å². The van der Waals surface area contributed by atoms with Crippen LogP contribution in [0.3, 0.4) is 0 Å². The van der Waals surface area contributed by atoms with Crippen molar-refractivity contribution in [3.63, 3.8) is 0 Å². The summed E-state index contributed by atoms with van der Waals surface area (Å²) in [6, 6.07) is 8.99. The smallest absolute Gasteiger partial charge is 0.0135 e. The SMILES string of the molecule is C1=CC2(CCCC2)c2ccccc2C1. The number of hydrogen-bond donors (Lipinski definition) is 0. The molecule has 0 atom stereocenters. The maximum absolute atomic E-state index is 2.47. The van der Waals surface area contributed by atoms with Crippen molar-refractivity contribution in [3.05, 3.63) is 47.5 Å². The molecule has 1 spiro atoms. The first kappa shape index (κ1) is 8.28. The van der Waals surface area contributed by atoms with E-state index < -0.39 is 0 Å². The summed E-state index contributed by atoms with van der Waals surface area (Å²) in [6.07, 6.45) is 11.5. The van der Waals surface area contributed by atoms with E-state index in [9.17, 15) is 0 Å². The van der Waals surface area contributed by atoms with Gasteiger partial charge in [-0.3, -0.25) is 0 Å². The zero-order valence-corrected chi connectivity index (χ0v) is 8.50. The molecule has 0 heterocycles. The van der Waals surface area contributed by atoms with Crippen LogP contribution in [0.1, 0.15) is 36.8 Å². The summed E-state index contributed by atoms with van der Waals surface area (Å²) in [5.41, 5.74) is 3.59. The van der Waals surface area contributed by atoms with E-state index in [4.69, 9.17) is 0 Å². The van der Waals surface area contributed by atoms with Gasteiger partial charge in [0.2, 0.25) is 0 Å². The van der Waals surface area contributed by atoms with Crippen LogP contribution >= 0.6 is 0 Å². The lowest BCUT2D eigenvalue weighted by Gasteiger charge is -2.31. The lowest BCUT2D eigenvalue weighted by molar-refractivity contribution is 0.544. The number of hydrogen-bond acceptors (Lipinski definition) is 0. The molecular formula is C14H16. The fourth-order valence-corrected chi connectivity index (χ4v) is 3.13. The Balaban J connectivity index is 2.15. The molecule has 0 bridgehead atoms. The zero-order valence-electron chi connectivity index (χ0n) is 8.50. The predicted octanol–water partition coefficient (Wildman–Crippen LogP) is 3.61. The fraction of sp³-hybridized carbons (Fsp3) is 0.429. The van der Waals surface area contributed by atoms with E-state index in [-0.39, 0.29) is 0 Å². The number of benzene rings is 1. The summed E-state index contributed by atoms with van der Waals surface area (Å²) in [6.45, 7) is 0. The van der Waals surface area contributed by atoms with Crippen molar-refractivity contribution in [2.24, 2.45) is 0 Å². The number of allylic oxidation sites excluding steroid dienone is 2. The van der Waals surface area contributed by atoms with Crippen molar-refractivity contribution in [2.45, 2.75) is 37.5 Å². The van der Waals surface area contributed by atoms with Gasteiger partial charge in [0.25, 0.3) is 0 Å². The molecule has 0 heteroatoms. The van der Waals surface area contributed by atoms with E-state index in [1.165, 1.54) is 25.7 Å². The third-order valence-corrected chi connectivity index (χ3v) is 3.82. The van der Waals surface area contributed by atoms with Crippen LogP contribution < -0.4 is 0 Å². The molecule has 14 heavy (non-hydrogen) atoms. The molecule has 1 aromatic rings. The van der Waals surface area contributed by atoms with Gasteiger partial charge < -0.3 is 0 Å². The Morgan fingerprint density at radius 2 is 1.79 bits per heavy atom. The van der Waals surface area contributed by atoms with Gasteiger partial charge in [-0.05, 0) is 30.4 Å². The quantitative estimate of drug-likeness (QED) is 0.540. The summed E-state index contributed by atoms with van der Waals surface area (Å²) in [7, 11) is 0. The van der Waals surface area contributed by atoms with Gasteiger partial charge >= 0.3 is 0 Å². The highest BCUT2D eigenvalue weighted by atomic mass is 14.4. The van der Waals surface area contributed by atoms with Crippen molar-refractivity contribution in [2.75, 3.05) is 0 Å². The van der Waals surface area contributed by atoms with Crippen LogP contribution in [0.2, 0.25) is 0 Å². The third kappa shape index (κ3) is 1.06. The van der Waals surface area contributed by atoms with E-state index in [0.717, 1.165) is 6.42 Å². The van der Waals surface area contributed by atoms with Gasteiger partial charge in [0, 0.05) is 5.41 Å². The van der Waals surface area contributed by atoms with Crippen molar-refractivity contribution >= 4 is 0 Å². The molecule has 0 N–H and O–H groups in total. The van der Waals surface area contributed by atoms with Gasteiger partial charge in [0.15, 0.2) is 0 Å². The second kappa shape index (κ2) is 2.98. The van der Waals surface area contributed by atoms with Gasteiger partial charge in [-0.15, -0.1) is 0 Å². The summed E-state index contributed by atoms with van der Waals surface area (Å²) in [5, 5.41) is 0. The van der Waals surface area contributed by atoms with Crippen LogP contribution in [0.15, 0.2) is 36.4 Å². The van der Waals surface area contributed by atoms with Crippen LogP contribution in [0, 0.1) is 0 Å². The van der Waals surface area contributed by atoms with Crippen molar-refractivity contribution in [1.82, 2.24) is 0 Å². The van der Waals surface area contributed by atoms with E-state index in [0.29, 0.717) is 5.41 Å². The van der Waals surface area contributed by atoms with Gasteiger partial charge in [-0.25, -0.2) is 0 Å². The molecule has 0 nitrogen and oxygen atoms in total. The molecule has 72 valence electrons. The average Bonchev–Trinajstić information content (AvgIpc) is 2.68. The molecule has 0 aliphatic heterocycles. The number of rotatable bonds is 0. The van der Waals surface area contributed by atoms with Crippen LogP contribution in [-0.4, -0.2) is 0 Å². The third-order valence-electron chi connectivity index (χ3n) is 3.82. The van der Waals surface area contributed by atoms with E-state index in [1.54, 1.807) is 11.1 Å². The molecule has 1 aromatic carbocycles. The van der Waals surface area contributed by atoms with Gasteiger partial charge in [-0.2, -0.15) is 0 Å². The van der Waals surface area contributed by atoms with Gasteiger partial charge in [0.05, 0.1) is 0 Å². The predicted molar refractivity (Wildman–Crippen MR) is 59.4 cm³/mol. The van der Waals surface area contributed by atoms with Crippen LogP contribution in [0.5, 0.6) is 0 Å². The second-order valence-electron chi connectivity index (χ2n) is 4.63. The Kier molecular flexibility index (Phi) is 1.76. The van der Waals surface area contributed by atoms with E-state index >= 15 is 0 Å². The molecule has 0 aromatic heterocycles. The minimum Gasteiger partial charge on any atom is -0.0832 e. The minimum absolute atomic E-state index is 0.425. The Hall–Kier alpha value is -1.04. The van der Waals surface area contributed by atoms with E-state index in [1.807, 2.05) is 0 Å². The topological polar surface area (TPSA) is 0 Å². The molecule has 2 aliphatic carbocycles. The van der Waals surface area contributed by atoms with Gasteiger partial charge in [-0.1, -0.05) is 49.3 Å². The first-order valence-electron chi connectivity index (χ1n) is 5.67. The summed E-state index contributed by atoms with van der Waals surface area (Å²) < 4.78 is 0. The molecular weight excluding hydrogens is 168 g/mol. The van der Waals surface area contributed by atoms with Crippen molar-refractivity contribution in [3.8, 4) is 0 Å². The fourth-order valence-electron chi connectivity index (χ4n) is 3.13. The van der Waals surface area contributed by atoms with Crippen LogP contribution in [0.4, 0.5) is 0 Å². The molecule has 2 aliphatic rings. The van der Waals surface area contributed by atoms with Crippen LogP contribution in [0.25, 0.3) is 0 Å². The number of fused-ring (bicyclic) bond motifs is 2. The average molecular weight is 184 g/mol. The van der Waals surface area contributed by atoms with Crippen molar-refractivity contribution in [1.29, 1.82) is 0 Å². The Morgan fingerprint density at radius 3 is 2.64 bits per heavy atom. The molecule has 0 amide bonds. The van der Waals surface area contributed by atoms with Gasteiger partial charge in [0.1, 0.15) is 0 Å². The first-order valence-corrected chi connectivity index (χ1v) is 5.67. The van der Waals surface area contributed by atoms with E-state index in [2.05, 4.69) is 36.4 Å². The molecule has 1 fully saturated rings. The molecule has 3 rings (SSSR count). The molecule has 0 saturated heterocycles.